The van der Waals surface area contributed by atoms with Crippen LogP contribution in [0.15, 0.2) is 0 Å². The molecule has 0 aromatic rings. The van der Waals surface area contributed by atoms with Gasteiger partial charge in [-0.05, 0) is 37.5 Å². The van der Waals surface area contributed by atoms with Crippen LogP contribution >= 0.6 is 0 Å². The van der Waals surface area contributed by atoms with Crippen LogP contribution in [0.5, 0.6) is 0 Å². The highest BCUT2D eigenvalue weighted by atomic mass is 16.5. The van der Waals surface area contributed by atoms with Crippen molar-refractivity contribution in [3.8, 4) is 0 Å². The lowest BCUT2D eigenvalue weighted by Gasteiger charge is -2.09. The Hall–Kier alpha value is -0.0800. The zero-order valence-electron chi connectivity index (χ0n) is 7.12. The second kappa shape index (κ2) is 2.76. The van der Waals surface area contributed by atoms with Gasteiger partial charge < -0.3 is 10.5 Å². The van der Waals surface area contributed by atoms with E-state index in [9.17, 15) is 0 Å². The van der Waals surface area contributed by atoms with Crippen molar-refractivity contribution in [1.29, 1.82) is 0 Å². The summed E-state index contributed by atoms with van der Waals surface area (Å²) in [4.78, 5) is 0. The molecule has 0 heterocycles. The second-order valence-corrected chi connectivity index (χ2v) is 4.08. The van der Waals surface area contributed by atoms with Crippen molar-refractivity contribution in [1.82, 2.24) is 0 Å². The molecule has 64 valence electrons. The smallest absolute Gasteiger partial charge is 0.0576 e. The van der Waals surface area contributed by atoms with E-state index in [1.807, 2.05) is 7.11 Å². The van der Waals surface area contributed by atoms with E-state index in [1.165, 1.54) is 25.7 Å². The van der Waals surface area contributed by atoms with Gasteiger partial charge in [0.2, 0.25) is 0 Å². The fourth-order valence-electron chi connectivity index (χ4n) is 2.80. The molecule has 2 aliphatic rings. The molecule has 0 radical (unpaired) electrons. The number of fused-ring (bicyclic) bond motifs is 1. The lowest BCUT2D eigenvalue weighted by Crippen LogP contribution is -2.17. The molecule has 0 amide bonds. The third-order valence-corrected chi connectivity index (χ3v) is 3.34. The number of nitrogens with two attached hydrogens (primary N) is 1. The number of hydrogen-bond donors (Lipinski definition) is 1. The predicted molar refractivity (Wildman–Crippen MR) is 44.2 cm³/mol. The second-order valence-electron chi connectivity index (χ2n) is 4.08. The molecule has 0 bridgehead atoms. The topological polar surface area (TPSA) is 35.2 Å². The first-order valence-corrected chi connectivity index (χ1v) is 4.58. The summed E-state index contributed by atoms with van der Waals surface area (Å²) in [6.07, 6.45) is 5.54. The molecule has 0 unspecified atom stereocenters. The number of methoxy groups -OCH3 is 1. The average Bonchev–Trinajstić information content (AvgIpc) is 2.43. The molecular weight excluding hydrogens is 138 g/mol. The Morgan fingerprint density at radius 1 is 1.09 bits per heavy atom. The van der Waals surface area contributed by atoms with Gasteiger partial charge in [0, 0.05) is 13.2 Å². The maximum absolute atomic E-state index is 5.87. The van der Waals surface area contributed by atoms with Crippen molar-refractivity contribution in [3.05, 3.63) is 0 Å². The van der Waals surface area contributed by atoms with Crippen LogP contribution in [0.4, 0.5) is 0 Å². The lowest BCUT2D eigenvalue weighted by molar-refractivity contribution is 0.101. The van der Waals surface area contributed by atoms with Crippen molar-refractivity contribution in [2.75, 3.05) is 7.11 Å². The Kier molecular flexibility index (Phi) is 1.90. The number of rotatable bonds is 1. The van der Waals surface area contributed by atoms with Gasteiger partial charge in [-0.15, -0.1) is 0 Å². The van der Waals surface area contributed by atoms with Crippen LogP contribution in [-0.4, -0.2) is 19.3 Å². The first-order valence-electron chi connectivity index (χ1n) is 4.58. The SMILES string of the molecule is CO[C@@H]1C[C@H]2C[C@H](N)C[C@H]2C1. The van der Waals surface area contributed by atoms with Crippen LogP contribution in [0.1, 0.15) is 25.7 Å². The van der Waals surface area contributed by atoms with Gasteiger partial charge in [-0.2, -0.15) is 0 Å². The monoisotopic (exact) mass is 155 g/mol. The molecule has 2 saturated carbocycles. The molecule has 2 fully saturated rings. The minimum Gasteiger partial charge on any atom is -0.381 e. The van der Waals surface area contributed by atoms with Gasteiger partial charge >= 0.3 is 0 Å². The van der Waals surface area contributed by atoms with E-state index in [0.29, 0.717) is 12.1 Å². The molecule has 11 heavy (non-hydrogen) atoms. The third kappa shape index (κ3) is 1.30. The maximum Gasteiger partial charge on any atom is 0.0576 e. The summed E-state index contributed by atoms with van der Waals surface area (Å²) in [6.45, 7) is 0. The van der Waals surface area contributed by atoms with Crippen molar-refractivity contribution in [3.63, 3.8) is 0 Å². The van der Waals surface area contributed by atoms with E-state index in [0.717, 1.165) is 11.8 Å². The van der Waals surface area contributed by atoms with Crippen LogP contribution in [0.3, 0.4) is 0 Å². The quantitative estimate of drug-likeness (QED) is 0.616. The van der Waals surface area contributed by atoms with Crippen LogP contribution in [0.2, 0.25) is 0 Å². The minimum atomic E-state index is 0.489. The standard InChI is InChI=1S/C9H17NO/c1-11-9-4-6-2-8(10)3-7(6)5-9/h6-9H,2-5,10H2,1H3/t6-,7+,8+,9-. The van der Waals surface area contributed by atoms with Gasteiger partial charge in [0.1, 0.15) is 0 Å². The Balaban J connectivity index is 1.93. The van der Waals surface area contributed by atoms with Gasteiger partial charge in [0.25, 0.3) is 0 Å². The predicted octanol–water partition coefficient (Wildman–Crippen LogP) is 1.15. The van der Waals surface area contributed by atoms with Crippen LogP contribution in [0, 0.1) is 11.8 Å². The molecule has 0 spiro atoms. The summed E-state index contributed by atoms with van der Waals surface area (Å²) in [6, 6.07) is 0.489. The summed E-state index contributed by atoms with van der Waals surface area (Å²) in [5.41, 5.74) is 5.87. The lowest BCUT2D eigenvalue weighted by atomic mass is 10.0. The van der Waals surface area contributed by atoms with Crippen LogP contribution < -0.4 is 5.73 Å². The normalized spacial score (nSPS) is 49.6. The Morgan fingerprint density at radius 3 is 2.09 bits per heavy atom. The zero-order valence-corrected chi connectivity index (χ0v) is 7.12. The van der Waals surface area contributed by atoms with E-state index in [1.54, 1.807) is 0 Å². The molecule has 2 N–H and O–H groups in total. The van der Waals surface area contributed by atoms with Crippen LogP contribution in [0.25, 0.3) is 0 Å². The van der Waals surface area contributed by atoms with Gasteiger partial charge in [-0.1, -0.05) is 0 Å². The first kappa shape index (κ1) is 7.56. The van der Waals surface area contributed by atoms with E-state index >= 15 is 0 Å². The van der Waals surface area contributed by atoms with Gasteiger partial charge in [0.15, 0.2) is 0 Å². The van der Waals surface area contributed by atoms with Gasteiger partial charge in [0.05, 0.1) is 6.10 Å². The van der Waals surface area contributed by atoms with E-state index in [-0.39, 0.29) is 0 Å². The summed E-state index contributed by atoms with van der Waals surface area (Å²) in [5.74, 6) is 1.77. The summed E-state index contributed by atoms with van der Waals surface area (Å²) < 4.78 is 5.34. The molecular formula is C9H17NO. The van der Waals surface area contributed by atoms with Gasteiger partial charge in [-0.25, -0.2) is 0 Å². The first-order chi connectivity index (χ1) is 5.29. The van der Waals surface area contributed by atoms with E-state index < -0.39 is 0 Å². The molecule has 2 heteroatoms. The Bertz CT molecular complexity index is 134. The largest absolute Gasteiger partial charge is 0.381 e. The van der Waals surface area contributed by atoms with E-state index in [4.69, 9.17) is 10.5 Å². The molecule has 2 nitrogen and oxygen atoms in total. The van der Waals surface area contributed by atoms with Crippen LogP contribution in [-0.2, 0) is 4.74 Å². The summed E-state index contributed by atoms with van der Waals surface area (Å²) in [5, 5.41) is 0. The summed E-state index contributed by atoms with van der Waals surface area (Å²) >= 11 is 0. The Morgan fingerprint density at radius 2 is 1.64 bits per heavy atom. The zero-order chi connectivity index (χ0) is 7.84. The average molecular weight is 155 g/mol. The van der Waals surface area contributed by atoms with Crippen molar-refractivity contribution < 1.29 is 4.74 Å². The third-order valence-electron chi connectivity index (χ3n) is 3.34. The van der Waals surface area contributed by atoms with Crippen molar-refractivity contribution in [2.24, 2.45) is 17.6 Å². The van der Waals surface area contributed by atoms with Crippen molar-refractivity contribution >= 4 is 0 Å². The van der Waals surface area contributed by atoms with E-state index in [2.05, 4.69) is 0 Å². The number of hydrogen-bond acceptors (Lipinski definition) is 2. The molecule has 0 aromatic carbocycles. The molecule has 0 saturated heterocycles. The highest BCUT2D eigenvalue weighted by Crippen LogP contribution is 2.44. The minimum absolute atomic E-state index is 0.489. The van der Waals surface area contributed by atoms with Gasteiger partial charge in [-0.3, -0.25) is 0 Å². The fourth-order valence-corrected chi connectivity index (χ4v) is 2.80. The Labute approximate surface area is 68.1 Å². The number of ether oxygens (including phenoxy) is 1. The maximum atomic E-state index is 5.87. The van der Waals surface area contributed by atoms with Crippen molar-refractivity contribution in [2.45, 2.75) is 37.8 Å². The molecule has 0 aromatic heterocycles. The highest BCUT2D eigenvalue weighted by Gasteiger charge is 2.40. The molecule has 2 aliphatic carbocycles. The highest BCUT2D eigenvalue weighted by molar-refractivity contribution is 4.93. The fraction of sp³-hybridized carbons (Fsp3) is 1.00. The molecule has 0 aliphatic heterocycles. The molecule has 4 atom stereocenters. The summed E-state index contributed by atoms with van der Waals surface area (Å²) in [7, 11) is 1.83. The molecule has 2 rings (SSSR count).